The van der Waals surface area contributed by atoms with Crippen molar-refractivity contribution in [1.82, 2.24) is 0 Å². The van der Waals surface area contributed by atoms with Gasteiger partial charge in [-0.05, 0) is 44.1 Å². The van der Waals surface area contributed by atoms with E-state index >= 15 is 0 Å². The Morgan fingerprint density at radius 2 is 1.90 bits per heavy atom. The van der Waals surface area contributed by atoms with E-state index in [2.05, 4.69) is 0 Å². The van der Waals surface area contributed by atoms with Crippen LogP contribution >= 0.6 is 0 Å². The highest BCUT2D eigenvalue weighted by Crippen LogP contribution is 2.64. The molecule has 2 aliphatic carbocycles. The van der Waals surface area contributed by atoms with Crippen LogP contribution in [0.3, 0.4) is 0 Å². The van der Waals surface area contributed by atoms with Gasteiger partial charge in [-0.3, -0.25) is 4.79 Å². The van der Waals surface area contributed by atoms with Crippen molar-refractivity contribution in [2.45, 2.75) is 50.9 Å². The molecule has 0 aliphatic heterocycles. The Hall–Kier alpha value is -1.51. The zero-order chi connectivity index (χ0) is 14.4. The standard InChI is InChI=1S/C17H22O3/c1-12-5-6-14(20-2)13(9-12)17(15(18)19)10-16(11-17)7-3-4-8-16/h5-6,9H,3-4,7-8,10-11H2,1-2H3,(H,18,19). The predicted molar refractivity (Wildman–Crippen MR) is 77.2 cm³/mol. The Balaban J connectivity index is 2.01. The fraction of sp³-hybridized carbons (Fsp3) is 0.588. The first-order valence-electron chi connectivity index (χ1n) is 7.40. The van der Waals surface area contributed by atoms with Crippen LogP contribution < -0.4 is 4.74 Å². The van der Waals surface area contributed by atoms with Gasteiger partial charge in [0, 0.05) is 5.56 Å². The maximum atomic E-state index is 12.0. The van der Waals surface area contributed by atoms with Crippen molar-refractivity contribution in [1.29, 1.82) is 0 Å². The number of aliphatic carboxylic acids is 1. The van der Waals surface area contributed by atoms with E-state index in [1.165, 1.54) is 25.7 Å². The molecule has 1 N–H and O–H groups in total. The molecule has 2 aliphatic rings. The maximum Gasteiger partial charge on any atom is 0.314 e. The number of aryl methyl sites for hydroxylation is 1. The van der Waals surface area contributed by atoms with E-state index in [9.17, 15) is 9.90 Å². The van der Waals surface area contributed by atoms with Crippen LogP contribution in [0.5, 0.6) is 5.75 Å². The fourth-order valence-electron chi connectivity index (χ4n) is 4.36. The molecule has 3 nitrogen and oxygen atoms in total. The molecule has 1 aromatic carbocycles. The topological polar surface area (TPSA) is 46.5 Å². The first-order valence-corrected chi connectivity index (χ1v) is 7.40. The van der Waals surface area contributed by atoms with Gasteiger partial charge in [0.25, 0.3) is 0 Å². The molecule has 0 aromatic heterocycles. The number of carboxylic acid groups (broad SMARTS) is 1. The SMILES string of the molecule is COc1ccc(C)cc1C1(C(=O)O)CC2(CCCC2)C1. The van der Waals surface area contributed by atoms with Gasteiger partial charge in [-0.15, -0.1) is 0 Å². The molecule has 0 amide bonds. The van der Waals surface area contributed by atoms with E-state index in [1.807, 2.05) is 25.1 Å². The van der Waals surface area contributed by atoms with Gasteiger partial charge < -0.3 is 9.84 Å². The molecular weight excluding hydrogens is 252 g/mol. The minimum Gasteiger partial charge on any atom is -0.496 e. The van der Waals surface area contributed by atoms with Gasteiger partial charge in [-0.25, -0.2) is 0 Å². The quantitative estimate of drug-likeness (QED) is 0.914. The average molecular weight is 274 g/mol. The molecule has 3 rings (SSSR count). The Labute approximate surface area is 120 Å². The Kier molecular flexibility index (Phi) is 3.03. The van der Waals surface area contributed by atoms with Crippen LogP contribution in [0.1, 0.15) is 49.7 Å². The summed E-state index contributed by atoms with van der Waals surface area (Å²) in [6, 6.07) is 5.87. The molecule has 0 radical (unpaired) electrons. The van der Waals surface area contributed by atoms with Crippen molar-refractivity contribution in [2.24, 2.45) is 5.41 Å². The molecule has 2 saturated carbocycles. The van der Waals surface area contributed by atoms with Gasteiger partial charge in [-0.2, -0.15) is 0 Å². The van der Waals surface area contributed by atoms with Crippen LogP contribution in [-0.4, -0.2) is 18.2 Å². The molecule has 1 aromatic rings. The van der Waals surface area contributed by atoms with E-state index in [-0.39, 0.29) is 5.41 Å². The normalized spacial score (nSPS) is 22.5. The Morgan fingerprint density at radius 3 is 2.45 bits per heavy atom. The summed E-state index contributed by atoms with van der Waals surface area (Å²) < 4.78 is 5.42. The highest BCUT2D eigenvalue weighted by atomic mass is 16.5. The third-order valence-corrected chi connectivity index (χ3v) is 5.30. The summed E-state index contributed by atoms with van der Waals surface area (Å²) in [5, 5.41) is 9.84. The molecule has 0 unspecified atom stereocenters. The van der Waals surface area contributed by atoms with Gasteiger partial charge in [0.1, 0.15) is 5.75 Å². The van der Waals surface area contributed by atoms with Crippen molar-refractivity contribution >= 4 is 5.97 Å². The Morgan fingerprint density at radius 1 is 1.25 bits per heavy atom. The van der Waals surface area contributed by atoms with Crippen LogP contribution in [0.4, 0.5) is 0 Å². The summed E-state index contributed by atoms with van der Waals surface area (Å²) in [6.45, 7) is 2.00. The van der Waals surface area contributed by atoms with E-state index < -0.39 is 11.4 Å². The number of carboxylic acids is 1. The predicted octanol–water partition coefficient (Wildman–Crippen LogP) is 3.68. The number of hydrogen-bond donors (Lipinski definition) is 1. The van der Waals surface area contributed by atoms with E-state index in [0.29, 0.717) is 5.75 Å². The van der Waals surface area contributed by atoms with Crippen LogP contribution in [0.25, 0.3) is 0 Å². The minimum atomic E-state index is -0.734. The lowest BCUT2D eigenvalue weighted by Crippen LogP contribution is -2.53. The molecule has 0 atom stereocenters. The molecule has 3 heteroatoms. The minimum absolute atomic E-state index is 0.285. The molecule has 2 fully saturated rings. The second-order valence-electron chi connectivity index (χ2n) is 6.65. The van der Waals surface area contributed by atoms with E-state index in [4.69, 9.17) is 4.74 Å². The summed E-state index contributed by atoms with van der Waals surface area (Å²) in [7, 11) is 1.62. The lowest BCUT2D eigenvalue weighted by atomic mass is 9.49. The molecule has 0 heterocycles. The second kappa shape index (κ2) is 4.51. The van der Waals surface area contributed by atoms with Crippen LogP contribution in [-0.2, 0) is 10.2 Å². The van der Waals surface area contributed by atoms with Gasteiger partial charge in [0.2, 0.25) is 0 Å². The fourth-order valence-corrected chi connectivity index (χ4v) is 4.36. The number of benzene rings is 1. The zero-order valence-electron chi connectivity index (χ0n) is 12.2. The molecule has 0 bridgehead atoms. The van der Waals surface area contributed by atoms with Gasteiger partial charge in [0.05, 0.1) is 12.5 Å². The lowest BCUT2D eigenvalue weighted by Gasteiger charge is -2.53. The van der Waals surface area contributed by atoms with Crippen molar-refractivity contribution in [2.75, 3.05) is 7.11 Å². The second-order valence-corrected chi connectivity index (χ2v) is 6.65. The van der Waals surface area contributed by atoms with Crippen LogP contribution in [0.2, 0.25) is 0 Å². The third kappa shape index (κ3) is 1.83. The average Bonchev–Trinajstić information content (AvgIpc) is 2.85. The highest BCUT2D eigenvalue weighted by molar-refractivity contribution is 5.84. The number of carbonyl (C=O) groups is 1. The number of ether oxygens (including phenoxy) is 1. The highest BCUT2D eigenvalue weighted by Gasteiger charge is 2.61. The van der Waals surface area contributed by atoms with Crippen molar-refractivity contribution in [3.8, 4) is 5.75 Å². The first-order chi connectivity index (χ1) is 9.51. The largest absolute Gasteiger partial charge is 0.496 e. The van der Waals surface area contributed by atoms with Gasteiger partial charge in [-0.1, -0.05) is 30.5 Å². The number of hydrogen-bond acceptors (Lipinski definition) is 2. The molecular formula is C17H22O3. The summed E-state index contributed by atoms with van der Waals surface area (Å²) in [4.78, 5) is 12.0. The summed E-state index contributed by atoms with van der Waals surface area (Å²) in [6.07, 6.45) is 6.43. The molecule has 108 valence electrons. The molecule has 0 saturated heterocycles. The van der Waals surface area contributed by atoms with Crippen LogP contribution in [0, 0.1) is 12.3 Å². The van der Waals surface area contributed by atoms with Gasteiger partial charge >= 0.3 is 5.97 Å². The van der Waals surface area contributed by atoms with E-state index in [0.717, 1.165) is 24.0 Å². The van der Waals surface area contributed by atoms with E-state index in [1.54, 1.807) is 7.11 Å². The van der Waals surface area contributed by atoms with Crippen molar-refractivity contribution < 1.29 is 14.6 Å². The molecule has 1 spiro atoms. The Bertz CT molecular complexity index is 533. The summed E-state index contributed by atoms with van der Waals surface area (Å²) >= 11 is 0. The first kappa shape index (κ1) is 13.5. The summed E-state index contributed by atoms with van der Waals surface area (Å²) in [5.74, 6) is 0.0183. The number of rotatable bonds is 3. The lowest BCUT2D eigenvalue weighted by molar-refractivity contribution is -0.154. The monoisotopic (exact) mass is 274 g/mol. The smallest absolute Gasteiger partial charge is 0.314 e. The number of methoxy groups -OCH3 is 1. The molecule has 20 heavy (non-hydrogen) atoms. The van der Waals surface area contributed by atoms with Crippen molar-refractivity contribution in [3.63, 3.8) is 0 Å². The third-order valence-electron chi connectivity index (χ3n) is 5.30. The van der Waals surface area contributed by atoms with Crippen molar-refractivity contribution in [3.05, 3.63) is 29.3 Å². The maximum absolute atomic E-state index is 12.0. The van der Waals surface area contributed by atoms with Crippen LogP contribution in [0.15, 0.2) is 18.2 Å². The summed E-state index contributed by atoms with van der Waals surface area (Å²) in [5.41, 5.74) is 1.51. The van der Waals surface area contributed by atoms with Gasteiger partial charge in [0.15, 0.2) is 0 Å². The zero-order valence-corrected chi connectivity index (χ0v) is 12.2.